The highest BCUT2D eigenvalue weighted by atomic mass is 35.5. The fourth-order valence-electron chi connectivity index (χ4n) is 2.03. The van der Waals surface area contributed by atoms with Crippen molar-refractivity contribution in [2.75, 3.05) is 6.61 Å². The molecule has 25 heavy (non-hydrogen) atoms. The standard InChI is InChI=1S/C16H16ClN3O5/c1-9-6-10(2)19-14(17)13(9)15(22)25-8-12(21)20-16(23)18-7-11-4-3-5-24-11/h3-6H,7-8H2,1-2H3,(H2,18,20,21,23). The van der Waals surface area contributed by atoms with Crippen LogP contribution in [-0.4, -0.2) is 29.5 Å². The third-order valence-electron chi connectivity index (χ3n) is 3.10. The minimum Gasteiger partial charge on any atom is -0.467 e. The van der Waals surface area contributed by atoms with Crippen LogP contribution in [0.1, 0.15) is 27.4 Å². The van der Waals surface area contributed by atoms with Gasteiger partial charge in [-0.15, -0.1) is 0 Å². The molecule has 0 aromatic carbocycles. The highest BCUT2D eigenvalue weighted by molar-refractivity contribution is 6.32. The van der Waals surface area contributed by atoms with Crippen molar-refractivity contribution in [3.05, 3.63) is 52.2 Å². The molecule has 0 bridgehead atoms. The van der Waals surface area contributed by atoms with Crippen molar-refractivity contribution in [2.45, 2.75) is 20.4 Å². The Bertz CT molecular complexity index is 766. The summed E-state index contributed by atoms with van der Waals surface area (Å²) in [6.07, 6.45) is 1.46. The van der Waals surface area contributed by atoms with Crippen LogP contribution >= 0.6 is 11.6 Å². The summed E-state index contributed by atoms with van der Waals surface area (Å²) in [5.74, 6) is -1.04. The van der Waals surface area contributed by atoms with Crippen molar-refractivity contribution in [3.8, 4) is 0 Å². The molecule has 2 aromatic heterocycles. The maximum atomic E-state index is 12.0. The Morgan fingerprint density at radius 1 is 1.32 bits per heavy atom. The Hall–Kier alpha value is -2.87. The van der Waals surface area contributed by atoms with E-state index in [1.54, 1.807) is 32.0 Å². The summed E-state index contributed by atoms with van der Waals surface area (Å²) in [4.78, 5) is 39.2. The van der Waals surface area contributed by atoms with Gasteiger partial charge in [0, 0.05) is 5.69 Å². The lowest BCUT2D eigenvalue weighted by Crippen LogP contribution is -2.41. The number of urea groups is 1. The Kier molecular flexibility index (Phi) is 6.13. The first-order valence-electron chi connectivity index (χ1n) is 7.27. The van der Waals surface area contributed by atoms with Crippen molar-refractivity contribution < 1.29 is 23.5 Å². The van der Waals surface area contributed by atoms with Gasteiger partial charge in [-0.25, -0.2) is 14.6 Å². The smallest absolute Gasteiger partial charge is 0.342 e. The maximum absolute atomic E-state index is 12.0. The van der Waals surface area contributed by atoms with E-state index < -0.39 is 24.5 Å². The van der Waals surface area contributed by atoms with Gasteiger partial charge >= 0.3 is 12.0 Å². The summed E-state index contributed by atoms with van der Waals surface area (Å²) >= 11 is 5.93. The molecule has 3 amide bonds. The molecule has 2 N–H and O–H groups in total. The van der Waals surface area contributed by atoms with E-state index in [-0.39, 0.29) is 17.3 Å². The van der Waals surface area contributed by atoms with Crippen molar-refractivity contribution in [2.24, 2.45) is 0 Å². The van der Waals surface area contributed by atoms with Crippen LogP contribution in [0, 0.1) is 13.8 Å². The number of amides is 3. The van der Waals surface area contributed by atoms with E-state index in [4.69, 9.17) is 20.8 Å². The second-order valence-electron chi connectivity index (χ2n) is 5.13. The number of esters is 1. The number of carbonyl (C=O) groups excluding carboxylic acids is 3. The molecular weight excluding hydrogens is 350 g/mol. The van der Waals surface area contributed by atoms with Gasteiger partial charge in [-0.2, -0.15) is 0 Å². The number of ether oxygens (including phenoxy) is 1. The fourth-order valence-corrected chi connectivity index (χ4v) is 2.39. The molecule has 0 spiro atoms. The van der Waals surface area contributed by atoms with Gasteiger partial charge in [-0.3, -0.25) is 10.1 Å². The van der Waals surface area contributed by atoms with Crippen LogP contribution in [0.15, 0.2) is 28.9 Å². The molecule has 0 fully saturated rings. The van der Waals surface area contributed by atoms with Crippen LogP contribution < -0.4 is 10.6 Å². The third-order valence-corrected chi connectivity index (χ3v) is 3.37. The van der Waals surface area contributed by atoms with Crippen LogP contribution in [-0.2, 0) is 16.1 Å². The number of nitrogens with zero attached hydrogens (tertiary/aromatic N) is 1. The van der Waals surface area contributed by atoms with E-state index in [2.05, 4.69) is 10.3 Å². The zero-order valence-electron chi connectivity index (χ0n) is 13.6. The predicted octanol–water partition coefficient (Wildman–Crippen LogP) is 2.13. The molecule has 2 heterocycles. The Morgan fingerprint density at radius 3 is 2.72 bits per heavy atom. The largest absolute Gasteiger partial charge is 0.467 e. The molecule has 2 aromatic rings. The number of aromatic nitrogens is 1. The summed E-state index contributed by atoms with van der Waals surface area (Å²) < 4.78 is 9.90. The van der Waals surface area contributed by atoms with Crippen LogP contribution in [0.5, 0.6) is 0 Å². The predicted molar refractivity (Wildman–Crippen MR) is 88.1 cm³/mol. The molecule has 0 aliphatic rings. The van der Waals surface area contributed by atoms with Gasteiger partial charge in [-0.1, -0.05) is 11.6 Å². The molecular formula is C16H16ClN3O5. The first kappa shape index (κ1) is 18.5. The molecule has 8 nitrogen and oxygen atoms in total. The minimum absolute atomic E-state index is 0.000834. The van der Waals surface area contributed by atoms with Crippen molar-refractivity contribution in [1.29, 1.82) is 0 Å². The van der Waals surface area contributed by atoms with Gasteiger partial charge in [0.2, 0.25) is 0 Å². The maximum Gasteiger partial charge on any atom is 0.342 e. The number of pyridine rings is 1. The van der Waals surface area contributed by atoms with Gasteiger partial charge in [-0.05, 0) is 37.6 Å². The second-order valence-corrected chi connectivity index (χ2v) is 5.49. The number of furan rings is 1. The number of hydrogen-bond acceptors (Lipinski definition) is 6. The molecule has 9 heteroatoms. The summed E-state index contributed by atoms with van der Waals surface area (Å²) in [5, 5.41) is 4.45. The van der Waals surface area contributed by atoms with Gasteiger partial charge in [0.05, 0.1) is 18.4 Å². The molecule has 2 rings (SSSR count). The van der Waals surface area contributed by atoms with E-state index in [1.807, 2.05) is 5.32 Å². The summed E-state index contributed by atoms with van der Waals surface area (Å²) in [7, 11) is 0. The number of aryl methyl sites for hydroxylation is 2. The molecule has 0 radical (unpaired) electrons. The molecule has 0 unspecified atom stereocenters. The number of nitrogens with one attached hydrogen (secondary N) is 2. The molecule has 0 saturated heterocycles. The Morgan fingerprint density at radius 2 is 2.08 bits per heavy atom. The van der Waals surface area contributed by atoms with E-state index >= 15 is 0 Å². The van der Waals surface area contributed by atoms with Gasteiger partial charge in [0.25, 0.3) is 5.91 Å². The van der Waals surface area contributed by atoms with E-state index in [1.165, 1.54) is 6.26 Å². The lowest BCUT2D eigenvalue weighted by Gasteiger charge is -2.09. The molecule has 0 atom stereocenters. The van der Waals surface area contributed by atoms with Crippen LogP contribution in [0.2, 0.25) is 5.15 Å². The molecule has 0 aliphatic carbocycles. The van der Waals surface area contributed by atoms with Crippen LogP contribution in [0.3, 0.4) is 0 Å². The molecule has 0 aliphatic heterocycles. The Balaban J connectivity index is 1.81. The SMILES string of the molecule is Cc1cc(C)c(C(=O)OCC(=O)NC(=O)NCc2ccco2)c(Cl)n1. The van der Waals surface area contributed by atoms with Crippen molar-refractivity contribution in [1.82, 2.24) is 15.6 Å². The van der Waals surface area contributed by atoms with Gasteiger partial charge in [0.15, 0.2) is 6.61 Å². The van der Waals surface area contributed by atoms with Gasteiger partial charge < -0.3 is 14.5 Å². The van der Waals surface area contributed by atoms with E-state index in [0.29, 0.717) is 17.0 Å². The topological polar surface area (TPSA) is 111 Å². The highest BCUT2D eigenvalue weighted by Gasteiger charge is 2.18. The zero-order chi connectivity index (χ0) is 18.4. The van der Waals surface area contributed by atoms with Crippen molar-refractivity contribution in [3.63, 3.8) is 0 Å². The number of imide groups is 1. The first-order valence-corrected chi connectivity index (χ1v) is 7.65. The monoisotopic (exact) mass is 365 g/mol. The number of rotatable bonds is 5. The second kappa shape index (κ2) is 8.29. The lowest BCUT2D eigenvalue weighted by atomic mass is 10.1. The van der Waals surface area contributed by atoms with Crippen LogP contribution in [0.25, 0.3) is 0 Å². The number of hydrogen-bond donors (Lipinski definition) is 2. The number of halogens is 1. The van der Waals surface area contributed by atoms with E-state index in [0.717, 1.165) is 0 Å². The summed E-state index contributed by atoms with van der Waals surface area (Å²) in [6, 6.07) is 4.28. The quantitative estimate of drug-likeness (QED) is 0.620. The summed E-state index contributed by atoms with van der Waals surface area (Å²) in [6.45, 7) is 2.91. The van der Waals surface area contributed by atoms with Crippen LogP contribution in [0.4, 0.5) is 4.79 Å². The average molecular weight is 366 g/mol. The number of carbonyl (C=O) groups is 3. The zero-order valence-corrected chi connectivity index (χ0v) is 14.3. The van der Waals surface area contributed by atoms with Crippen molar-refractivity contribution >= 4 is 29.5 Å². The third kappa shape index (κ3) is 5.32. The molecule has 132 valence electrons. The minimum atomic E-state index is -0.791. The average Bonchev–Trinajstić information content (AvgIpc) is 3.03. The van der Waals surface area contributed by atoms with Gasteiger partial charge in [0.1, 0.15) is 10.9 Å². The Labute approximate surface area is 148 Å². The lowest BCUT2D eigenvalue weighted by molar-refractivity contribution is -0.123. The highest BCUT2D eigenvalue weighted by Crippen LogP contribution is 2.19. The normalized spacial score (nSPS) is 10.2. The van der Waals surface area contributed by atoms with E-state index in [9.17, 15) is 14.4 Å². The molecule has 0 saturated carbocycles. The first-order chi connectivity index (χ1) is 11.9. The summed E-state index contributed by atoms with van der Waals surface area (Å²) in [5.41, 5.74) is 1.33. The fraction of sp³-hybridized carbons (Fsp3) is 0.250.